The highest BCUT2D eigenvalue weighted by atomic mass is 127. The lowest BCUT2D eigenvalue weighted by Gasteiger charge is -2.11. The molecule has 0 amide bonds. The van der Waals surface area contributed by atoms with Gasteiger partial charge in [-0.3, -0.25) is 4.99 Å². The van der Waals surface area contributed by atoms with Crippen LogP contribution in [0.1, 0.15) is 15.3 Å². The van der Waals surface area contributed by atoms with Gasteiger partial charge in [0.1, 0.15) is 11.6 Å². The zero-order valence-electron chi connectivity index (χ0n) is 13.0. The van der Waals surface area contributed by atoms with Crippen LogP contribution in [-0.4, -0.2) is 19.6 Å². The fraction of sp³-hybridized carbons (Fsp3) is 0.312. The Bertz CT molecular complexity index is 638. The van der Waals surface area contributed by atoms with Crippen molar-refractivity contribution in [1.29, 1.82) is 0 Å². The number of hydrogen-bond acceptors (Lipinski definition) is 2. The summed E-state index contributed by atoms with van der Waals surface area (Å²) < 4.78 is 27.0. The smallest absolute Gasteiger partial charge is 0.191 e. The summed E-state index contributed by atoms with van der Waals surface area (Å²) in [7, 11) is 1.67. The maximum Gasteiger partial charge on any atom is 0.191 e. The molecule has 0 saturated heterocycles. The Balaban J connectivity index is 0.00000264. The molecule has 0 aliphatic rings. The fourth-order valence-electron chi connectivity index (χ4n) is 2.05. The number of rotatable bonds is 5. The SMILES string of the molecule is CN=C(NCCc1c(F)cccc1F)NCc1ccc(C)s1.I. The van der Waals surface area contributed by atoms with Crippen molar-refractivity contribution in [3.05, 3.63) is 57.3 Å². The van der Waals surface area contributed by atoms with Crippen LogP contribution in [0.15, 0.2) is 35.3 Å². The number of nitrogens with one attached hydrogen (secondary N) is 2. The van der Waals surface area contributed by atoms with E-state index in [1.807, 2.05) is 0 Å². The topological polar surface area (TPSA) is 36.4 Å². The molecule has 0 bridgehead atoms. The maximum atomic E-state index is 13.5. The van der Waals surface area contributed by atoms with Crippen LogP contribution in [0.25, 0.3) is 0 Å². The van der Waals surface area contributed by atoms with Gasteiger partial charge >= 0.3 is 0 Å². The Morgan fingerprint density at radius 1 is 1.13 bits per heavy atom. The molecule has 1 heterocycles. The van der Waals surface area contributed by atoms with Crippen LogP contribution in [0.3, 0.4) is 0 Å². The van der Waals surface area contributed by atoms with E-state index in [4.69, 9.17) is 0 Å². The lowest BCUT2D eigenvalue weighted by atomic mass is 10.1. The average molecular weight is 451 g/mol. The van der Waals surface area contributed by atoms with Crippen LogP contribution >= 0.6 is 35.3 Å². The van der Waals surface area contributed by atoms with Crippen LogP contribution in [-0.2, 0) is 13.0 Å². The van der Waals surface area contributed by atoms with E-state index in [2.05, 4.69) is 34.7 Å². The van der Waals surface area contributed by atoms with Crippen molar-refractivity contribution >= 4 is 41.3 Å². The summed E-state index contributed by atoms with van der Waals surface area (Å²) in [5.41, 5.74) is 0.0966. The molecule has 2 N–H and O–H groups in total. The normalized spacial score (nSPS) is 11.0. The quantitative estimate of drug-likeness (QED) is 0.412. The molecule has 0 saturated carbocycles. The zero-order chi connectivity index (χ0) is 15.9. The van der Waals surface area contributed by atoms with Crippen molar-refractivity contribution in [3.8, 4) is 0 Å². The molecule has 2 aromatic rings. The minimum absolute atomic E-state index is 0. The van der Waals surface area contributed by atoms with Gasteiger partial charge in [0.05, 0.1) is 6.54 Å². The zero-order valence-corrected chi connectivity index (χ0v) is 16.2. The summed E-state index contributed by atoms with van der Waals surface area (Å²) in [4.78, 5) is 6.57. The summed E-state index contributed by atoms with van der Waals surface area (Å²) in [5, 5.41) is 6.24. The Morgan fingerprint density at radius 2 is 1.83 bits per heavy atom. The molecule has 0 unspecified atom stereocenters. The van der Waals surface area contributed by atoms with Crippen LogP contribution in [0.4, 0.5) is 8.78 Å². The van der Waals surface area contributed by atoms with Gasteiger partial charge in [-0.1, -0.05) is 6.07 Å². The van der Waals surface area contributed by atoms with Gasteiger partial charge in [-0.05, 0) is 37.6 Å². The standard InChI is InChI=1S/C16H19F2N3S.HI/c1-11-6-7-12(22-11)10-21-16(19-2)20-9-8-13-14(17)4-3-5-15(13)18;/h3-7H,8-10H2,1-2H3,(H2,19,20,21);1H. The second-order valence-corrected chi connectivity index (χ2v) is 6.19. The fourth-order valence-corrected chi connectivity index (χ4v) is 2.88. The van der Waals surface area contributed by atoms with Crippen LogP contribution in [0, 0.1) is 18.6 Å². The third-order valence-corrected chi connectivity index (χ3v) is 4.18. The molecule has 1 aromatic carbocycles. The molecule has 0 aliphatic carbocycles. The number of hydrogen-bond donors (Lipinski definition) is 2. The number of benzene rings is 1. The third-order valence-electron chi connectivity index (χ3n) is 3.18. The predicted octanol–water partition coefficient (Wildman–Crippen LogP) is 3.86. The second kappa shape index (κ2) is 9.82. The molecule has 0 fully saturated rings. The van der Waals surface area contributed by atoms with Crippen molar-refractivity contribution in [2.24, 2.45) is 4.99 Å². The Labute approximate surface area is 156 Å². The minimum atomic E-state index is -0.515. The van der Waals surface area contributed by atoms with Crippen molar-refractivity contribution in [1.82, 2.24) is 10.6 Å². The van der Waals surface area contributed by atoms with E-state index in [1.54, 1.807) is 18.4 Å². The van der Waals surface area contributed by atoms with Gasteiger partial charge < -0.3 is 10.6 Å². The van der Waals surface area contributed by atoms with Gasteiger partial charge in [-0.2, -0.15) is 0 Å². The van der Waals surface area contributed by atoms with Crippen molar-refractivity contribution in [3.63, 3.8) is 0 Å². The summed E-state index contributed by atoms with van der Waals surface area (Å²) in [6.07, 6.45) is 0.261. The molecule has 2 rings (SSSR count). The second-order valence-electron chi connectivity index (χ2n) is 4.82. The molecule has 3 nitrogen and oxygen atoms in total. The number of thiophene rings is 1. The van der Waals surface area contributed by atoms with Crippen molar-refractivity contribution in [2.75, 3.05) is 13.6 Å². The molecule has 0 atom stereocenters. The third kappa shape index (κ3) is 6.06. The Hall–Kier alpha value is -1.22. The number of aliphatic imine (C=N–C) groups is 1. The molecule has 0 radical (unpaired) electrons. The van der Waals surface area contributed by atoms with Crippen LogP contribution in [0.2, 0.25) is 0 Å². The van der Waals surface area contributed by atoms with E-state index in [1.165, 1.54) is 28.0 Å². The van der Waals surface area contributed by atoms with Crippen LogP contribution < -0.4 is 10.6 Å². The Kier molecular flexibility index (Phi) is 8.46. The predicted molar refractivity (Wildman–Crippen MR) is 103 cm³/mol. The van der Waals surface area contributed by atoms with E-state index in [9.17, 15) is 8.78 Å². The van der Waals surface area contributed by atoms with E-state index >= 15 is 0 Å². The average Bonchev–Trinajstić information content (AvgIpc) is 2.91. The summed E-state index contributed by atoms with van der Waals surface area (Å²) in [6, 6.07) is 8.04. The molecular weight excluding hydrogens is 431 g/mol. The largest absolute Gasteiger partial charge is 0.356 e. The molecule has 0 spiro atoms. The monoisotopic (exact) mass is 451 g/mol. The van der Waals surface area contributed by atoms with Gasteiger partial charge in [0.25, 0.3) is 0 Å². The molecule has 0 aliphatic heterocycles. The van der Waals surface area contributed by atoms with E-state index in [0.29, 0.717) is 19.0 Å². The van der Waals surface area contributed by atoms with E-state index in [0.717, 1.165) is 0 Å². The van der Waals surface area contributed by atoms with E-state index in [-0.39, 0.29) is 36.0 Å². The molecule has 1 aromatic heterocycles. The van der Waals surface area contributed by atoms with Gasteiger partial charge in [-0.25, -0.2) is 8.78 Å². The number of nitrogens with zero attached hydrogens (tertiary/aromatic N) is 1. The van der Waals surface area contributed by atoms with Gasteiger partial charge in [0.15, 0.2) is 5.96 Å². The first-order valence-corrected chi connectivity index (χ1v) is 7.84. The summed E-state index contributed by atoms with van der Waals surface area (Å²) in [6.45, 7) is 3.14. The number of halogens is 3. The number of aryl methyl sites for hydroxylation is 1. The van der Waals surface area contributed by atoms with Crippen molar-refractivity contribution in [2.45, 2.75) is 19.9 Å². The van der Waals surface area contributed by atoms with Gasteiger partial charge in [-0.15, -0.1) is 35.3 Å². The van der Waals surface area contributed by atoms with Gasteiger partial charge in [0.2, 0.25) is 0 Å². The first-order valence-electron chi connectivity index (χ1n) is 7.03. The van der Waals surface area contributed by atoms with E-state index < -0.39 is 11.6 Å². The summed E-state index contributed by atoms with van der Waals surface area (Å²) >= 11 is 1.72. The first kappa shape index (κ1) is 19.8. The molecular formula is C16H20F2IN3S. The first-order chi connectivity index (χ1) is 10.6. The van der Waals surface area contributed by atoms with Crippen LogP contribution in [0.5, 0.6) is 0 Å². The highest BCUT2D eigenvalue weighted by Crippen LogP contribution is 2.14. The number of guanidine groups is 1. The van der Waals surface area contributed by atoms with Gasteiger partial charge in [0, 0.05) is 28.9 Å². The van der Waals surface area contributed by atoms with Crippen molar-refractivity contribution < 1.29 is 8.78 Å². The highest BCUT2D eigenvalue weighted by Gasteiger charge is 2.08. The summed E-state index contributed by atoms with van der Waals surface area (Å²) in [5.74, 6) is -0.416. The Morgan fingerprint density at radius 3 is 2.39 bits per heavy atom. The lowest BCUT2D eigenvalue weighted by molar-refractivity contribution is 0.553. The highest BCUT2D eigenvalue weighted by molar-refractivity contribution is 14.0. The molecule has 126 valence electrons. The minimum Gasteiger partial charge on any atom is -0.356 e. The molecule has 7 heteroatoms. The maximum absolute atomic E-state index is 13.5. The lowest BCUT2D eigenvalue weighted by Crippen LogP contribution is -2.37. The molecule has 23 heavy (non-hydrogen) atoms.